The molecule has 0 aliphatic carbocycles. The van der Waals surface area contributed by atoms with Crippen LogP contribution in [0.2, 0.25) is 0 Å². The van der Waals surface area contributed by atoms with E-state index in [1.54, 1.807) is 6.07 Å². The maximum absolute atomic E-state index is 14.8. The normalized spacial score (nSPS) is 12.0. The van der Waals surface area contributed by atoms with Crippen molar-refractivity contribution in [1.29, 1.82) is 0 Å². The van der Waals surface area contributed by atoms with Crippen LogP contribution >= 0.6 is 0 Å². The number of aryl methyl sites for hydroxylation is 1. The number of hydrogen-bond donors (Lipinski definition) is 0. The highest BCUT2D eigenvalue weighted by molar-refractivity contribution is 5.73. The van der Waals surface area contributed by atoms with Gasteiger partial charge in [0.15, 0.2) is 0 Å². The average Bonchev–Trinajstić information content (AvgIpc) is 2.72. The Hall–Kier alpha value is -3.16. The van der Waals surface area contributed by atoms with E-state index in [9.17, 15) is 35.1 Å². The molecule has 3 rings (SSSR count). The number of halogens is 8. The molecule has 0 bridgehead atoms. The molecule has 180 valence electrons. The standard InChI is InChI=1S/C26H20F8/c1-2-3-4-5-15-6-7-18(20(27)10-15)16-11-23(30)25(24(31)12-16)17-13-21(28)19(22(29)14-17)8-9-26(32,33)34/h6-14H,2-5H2,1H3/b9-8+. The molecule has 0 aliphatic heterocycles. The first kappa shape index (κ1) is 25.5. The lowest BCUT2D eigenvalue weighted by molar-refractivity contribution is -0.0790. The predicted octanol–water partition coefficient (Wildman–Crippen LogP) is 9.02. The summed E-state index contributed by atoms with van der Waals surface area (Å²) in [6.07, 6.45) is -1.42. The Morgan fingerprint density at radius 2 is 1.29 bits per heavy atom. The lowest BCUT2D eigenvalue weighted by atomic mass is 9.96. The molecule has 0 aromatic heterocycles. The third-order valence-electron chi connectivity index (χ3n) is 5.26. The first-order valence-corrected chi connectivity index (χ1v) is 10.5. The molecular weight excluding hydrogens is 464 g/mol. The molecule has 3 aromatic rings. The SMILES string of the molecule is CCCCCc1ccc(-c2cc(F)c(-c3cc(F)c(/C=C/C(F)(F)F)c(F)c3)c(F)c2)c(F)c1. The van der Waals surface area contributed by atoms with Gasteiger partial charge in [0.05, 0.1) is 5.56 Å². The highest BCUT2D eigenvalue weighted by Crippen LogP contribution is 2.34. The molecule has 0 amide bonds. The summed E-state index contributed by atoms with van der Waals surface area (Å²) in [5.74, 6) is -5.94. The van der Waals surface area contributed by atoms with Gasteiger partial charge in [-0.15, -0.1) is 0 Å². The molecule has 0 spiro atoms. The van der Waals surface area contributed by atoms with Crippen LogP contribution in [0.5, 0.6) is 0 Å². The smallest absolute Gasteiger partial charge is 0.206 e. The van der Waals surface area contributed by atoms with Crippen LogP contribution < -0.4 is 0 Å². The molecule has 3 aromatic carbocycles. The molecule has 0 nitrogen and oxygen atoms in total. The van der Waals surface area contributed by atoms with Gasteiger partial charge in [-0.3, -0.25) is 0 Å². The first-order valence-electron chi connectivity index (χ1n) is 10.5. The number of unbranched alkanes of at least 4 members (excludes halogenated alkanes) is 2. The van der Waals surface area contributed by atoms with E-state index in [2.05, 4.69) is 0 Å². The zero-order valence-corrected chi connectivity index (χ0v) is 18.0. The van der Waals surface area contributed by atoms with Crippen LogP contribution in [-0.4, -0.2) is 6.18 Å². The largest absolute Gasteiger partial charge is 0.409 e. The van der Waals surface area contributed by atoms with Gasteiger partial charge in [-0.1, -0.05) is 31.9 Å². The van der Waals surface area contributed by atoms with E-state index in [-0.39, 0.29) is 23.3 Å². The molecule has 0 saturated carbocycles. The molecule has 0 N–H and O–H groups in total. The zero-order valence-electron chi connectivity index (χ0n) is 18.0. The summed E-state index contributed by atoms with van der Waals surface area (Å²) in [7, 11) is 0. The Labute approximate surface area is 191 Å². The Balaban J connectivity index is 1.96. The van der Waals surface area contributed by atoms with Gasteiger partial charge in [0.25, 0.3) is 0 Å². The monoisotopic (exact) mass is 484 g/mol. The van der Waals surface area contributed by atoms with Crippen molar-refractivity contribution in [3.8, 4) is 22.3 Å². The Morgan fingerprint density at radius 1 is 0.706 bits per heavy atom. The van der Waals surface area contributed by atoms with Crippen LogP contribution in [0, 0.1) is 29.1 Å². The lowest BCUT2D eigenvalue weighted by Crippen LogP contribution is -2.01. The molecule has 0 fully saturated rings. The van der Waals surface area contributed by atoms with Gasteiger partial charge in [-0.2, -0.15) is 13.2 Å². The van der Waals surface area contributed by atoms with Crippen molar-refractivity contribution in [2.45, 2.75) is 38.8 Å². The van der Waals surface area contributed by atoms with Crippen molar-refractivity contribution in [3.63, 3.8) is 0 Å². The predicted molar refractivity (Wildman–Crippen MR) is 115 cm³/mol. The van der Waals surface area contributed by atoms with E-state index >= 15 is 0 Å². The molecule has 34 heavy (non-hydrogen) atoms. The summed E-state index contributed by atoms with van der Waals surface area (Å²) in [5, 5.41) is 0. The topological polar surface area (TPSA) is 0 Å². The van der Waals surface area contributed by atoms with Crippen LogP contribution in [0.4, 0.5) is 35.1 Å². The fraction of sp³-hybridized carbons (Fsp3) is 0.231. The second-order valence-corrected chi connectivity index (χ2v) is 7.81. The molecule has 0 aliphatic rings. The molecule has 0 radical (unpaired) electrons. The Kier molecular flexibility index (Phi) is 7.79. The summed E-state index contributed by atoms with van der Waals surface area (Å²) in [6, 6.07) is 7.10. The van der Waals surface area contributed by atoms with E-state index in [0.29, 0.717) is 18.6 Å². The minimum Gasteiger partial charge on any atom is -0.206 e. The second kappa shape index (κ2) is 10.4. The zero-order chi connectivity index (χ0) is 25.0. The summed E-state index contributed by atoms with van der Waals surface area (Å²) in [5.41, 5.74) is -1.75. The molecule has 0 unspecified atom stereocenters. The number of alkyl halides is 3. The number of hydrogen-bond acceptors (Lipinski definition) is 0. The van der Waals surface area contributed by atoms with E-state index in [4.69, 9.17) is 0 Å². The minimum absolute atomic E-state index is 0.0476. The molecule has 0 atom stereocenters. The highest BCUT2D eigenvalue weighted by Gasteiger charge is 2.24. The maximum atomic E-state index is 14.8. The van der Waals surface area contributed by atoms with Crippen molar-refractivity contribution < 1.29 is 35.1 Å². The second-order valence-electron chi connectivity index (χ2n) is 7.81. The van der Waals surface area contributed by atoms with Crippen LogP contribution in [0.15, 0.2) is 48.5 Å². The first-order chi connectivity index (χ1) is 16.0. The van der Waals surface area contributed by atoms with Gasteiger partial charge >= 0.3 is 6.18 Å². The van der Waals surface area contributed by atoms with E-state index in [1.165, 1.54) is 12.1 Å². The number of benzene rings is 3. The number of allylic oxidation sites excluding steroid dienone is 1. The molecule has 0 saturated heterocycles. The van der Waals surface area contributed by atoms with Crippen molar-refractivity contribution in [1.82, 2.24) is 0 Å². The fourth-order valence-electron chi connectivity index (χ4n) is 3.60. The van der Waals surface area contributed by atoms with Gasteiger partial charge in [0.1, 0.15) is 29.1 Å². The van der Waals surface area contributed by atoms with Crippen LogP contribution in [0.3, 0.4) is 0 Å². The van der Waals surface area contributed by atoms with Crippen molar-refractivity contribution in [2.75, 3.05) is 0 Å². The summed E-state index contributed by atoms with van der Waals surface area (Å²) in [4.78, 5) is 0. The summed E-state index contributed by atoms with van der Waals surface area (Å²) < 4.78 is 110. The lowest BCUT2D eigenvalue weighted by Gasteiger charge is -2.12. The average molecular weight is 484 g/mol. The van der Waals surface area contributed by atoms with Crippen LogP contribution in [-0.2, 0) is 6.42 Å². The third-order valence-corrected chi connectivity index (χ3v) is 5.26. The third kappa shape index (κ3) is 6.04. The summed E-state index contributed by atoms with van der Waals surface area (Å²) >= 11 is 0. The van der Waals surface area contributed by atoms with Crippen LogP contribution in [0.25, 0.3) is 28.3 Å². The van der Waals surface area contributed by atoms with E-state index in [0.717, 1.165) is 37.0 Å². The molecule has 0 heterocycles. The Morgan fingerprint density at radius 3 is 1.82 bits per heavy atom. The molecular formula is C26H20F8. The van der Waals surface area contributed by atoms with Gasteiger partial charge in [-0.25, -0.2) is 22.0 Å². The van der Waals surface area contributed by atoms with Gasteiger partial charge in [-0.05, 0) is 65.9 Å². The van der Waals surface area contributed by atoms with Crippen molar-refractivity contribution >= 4 is 6.08 Å². The maximum Gasteiger partial charge on any atom is 0.409 e. The number of rotatable bonds is 7. The van der Waals surface area contributed by atoms with Crippen LogP contribution in [0.1, 0.15) is 37.3 Å². The quantitative estimate of drug-likeness (QED) is 0.232. The van der Waals surface area contributed by atoms with E-state index in [1.807, 2.05) is 6.92 Å². The van der Waals surface area contributed by atoms with Gasteiger partial charge < -0.3 is 0 Å². The highest BCUT2D eigenvalue weighted by atomic mass is 19.4. The minimum atomic E-state index is -4.80. The van der Waals surface area contributed by atoms with E-state index < -0.39 is 52.0 Å². The van der Waals surface area contributed by atoms with Crippen molar-refractivity contribution in [2.24, 2.45) is 0 Å². The Bertz CT molecular complexity index is 1160. The van der Waals surface area contributed by atoms with Crippen molar-refractivity contribution in [3.05, 3.63) is 88.8 Å². The van der Waals surface area contributed by atoms with Gasteiger partial charge in [0, 0.05) is 17.2 Å². The fourth-order valence-corrected chi connectivity index (χ4v) is 3.60. The summed E-state index contributed by atoms with van der Waals surface area (Å²) in [6.45, 7) is 2.04. The van der Waals surface area contributed by atoms with Gasteiger partial charge in [0.2, 0.25) is 0 Å². The molecule has 8 heteroatoms.